The zero-order valence-electron chi connectivity index (χ0n) is 8.25. The molecule has 1 aromatic carbocycles. The molecule has 0 aromatic heterocycles. The van der Waals surface area contributed by atoms with Crippen LogP contribution in [0.1, 0.15) is 25.0 Å². The summed E-state index contributed by atoms with van der Waals surface area (Å²) in [7, 11) is 0. The number of alkyl halides is 1. The molecule has 1 aromatic rings. The second-order valence-corrected chi connectivity index (χ2v) is 3.54. The zero-order chi connectivity index (χ0) is 10.6. The van der Waals surface area contributed by atoms with Crippen LogP contribution in [-0.4, -0.2) is 6.10 Å². The Labute approximate surface area is 89.1 Å². The molecule has 3 heteroatoms. The van der Waals surface area contributed by atoms with Gasteiger partial charge in [-0.3, -0.25) is 0 Å². The van der Waals surface area contributed by atoms with Crippen LogP contribution in [0.2, 0.25) is 0 Å². The number of halogens is 1. The first-order chi connectivity index (χ1) is 6.65. The van der Waals surface area contributed by atoms with Gasteiger partial charge in [-0.05, 0) is 37.6 Å². The lowest BCUT2D eigenvalue weighted by molar-refractivity contribution is 0.242. The molecule has 0 saturated carbocycles. The summed E-state index contributed by atoms with van der Waals surface area (Å²) in [6.07, 6.45) is 0.104. The van der Waals surface area contributed by atoms with Crippen molar-refractivity contribution in [3.8, 4) is 11.8 Å². The number of hydrogen-bond donors (Lipinski definition) is 0. The maximum absolute atomic E-state index is 8.77. The molecular formula is C11H12ClNO. The van der Waals surface area contributed by atoms with Crippen LogP contribution in [0.4, 0.5) is 0 Å². The van der Waals surface area contributed by atoms with Gasteiger partial charge in [0.2, 0.25) is 0 Å². The summed E-state index contributed by atoms with van der Waals surface area (Å²) < 4.78 is 5.49. The van der Waals surface area contributed by atoms with Crippen LogP contribution >= 0.6 is 11.6 Å². The van der Waals surface area contributed by atoms with Crippen molar-refractivity contribution in [2.75, 3.05) is 0 Å². The van der Waals surface area contributed by atoms with Crippen LogP contribution in [-0.2, 0) is 5.88 Å². The van der Waals surface area contributed by atoms with Gasteiger partial charge in [-0.15, -0.1) is 11.6 Å². The van der Waals surface area contributed by atoms with Crippen LogP contribution in [0.3, 0.4) is 0 Å². The summed E-state index contributed by atoms with van der Waals surface area (Å²) in [4.78, 5) is 0. The first-order valence-corrected chi connectivity index (χ1v) is 4.96. The number of rotatable bonds is 3. The Morgan fingerprint density at radius 2 is 2.14 bits per heavy atom. The standard InChI is InChI=1S/C11H12ClNO/c1-8(2)14-11-4-9(6-12)3-10(5-11)7-13/h3-5,8H,6H2,1-2H3. The van der Waals surface area contributed by atoms with Crippen LogP contribution < -0.4 is 4.74 Å². The third-order valence-electron chi connectivity index (χ3n) is 1.62. The fraction of sp³-hybridized carbons (Fsp3) is 0.364. The largest absolute Gasteiger partial charge is 0.491 e. The van der Waals surface area contributed by atoms with E-state index in [1.165, 1.54) is 0 Å². The van der Waals surface area contributed by atoms with E-state index in [1.807, 2.05) is 19.9 Å². The van der Waals surface area contributed by atoms with Crippen molar-refractivity contribution in [3.05, 3.63) is 29.3 Å². The third kappa shape index (κ3) is 2.93. The van der Waals surface area contributed by atoms with Crippen molar-refractivity contribution in [2.24, 2.45) is 0 Å². The predicted octanol–water partition coefficient (Wildman–Crippen LogP) is 3.08. The number of benzene rings is 1. The van der Waals surface area contributed by atoms with Crippen molar-refractivity contribution in [1.29, 1.82) is 5.26 Å². The smallest absolute Gasteiger partial charge is 0.121 e. The summed E-state index contributed by atoms with van der Waals surface area (Å²) in [6.45, 7) is 3.89. The van der Waals surface area contributed by atoms with Gasteiger partial charge in [0.15, 0.2) is 0 Å². The van der Waals surface area contributed by atoms with E-state index in [0.29, 0.717) is 17.2 Å². The van der Waals surface area contributed by atoms with Crippen LogP contribution in [0.25, 0.3) is 0 Å². The number of ether oxygens (including phenoxy) is 1. The second kappa shape index (κ2) is 4.88. The van der Waals surface area contributed by atoms with E-state index in [0.717, 1.165) is 5.56 Å². The average Bonchev–Trinajstić information content (AvgIpc) is 2.16. The molecule has 0 aliphatic carbocycles. The molecule has 0 heterocycles. The van der Waals surface area contributed by atoms with E-state index < -0.39 is 0 Å². The van der Waals surface area contributed by atoms with E-state index in [9.17, 15) is 0 Å². The summed E-state index contributed by atoms with van der Waals surface area (Å²) >= 11 is 5.70. The maximum Gasteiger partial charge on any atom is 0.121 e. The van der Waals surface area contributed by atoms with Crippen LogP contribution in [0.15, 0.2) is 18.2 Å². The molecule has 0 aliphatic rings. The van der Waals surface area contributed by atoms with Gasteiger partial charge < -0.3 is 4.74 Å². The molecule has 0 N–H and O–H groups in total. The van der Waals surface area contributed by atoms with Gasteiger partial charge in [0.25, 0.3) is 0 Å². The molecule has 14 heavy (non-hydrogen) atoms. The van der Waals surface area contributed by atoms with Crippen molar-refractivity contribution in [2.45, 2.75) is 25.8 Å². The highest BCUT2D eigenvalue weighted by Crippen LogP contribution is 2.19. The normalized spacial score (nSPS) is 9.93. The van der Waals surface area contributed by atoms with Gasteiger partial charge in [0, 0.05) is 5.88 Å². The molecule has 74 valence electrons. The molecular weight excluding hydrogens is 198 g/mol. The Hall–Kier alpha value is -1.20. The molecule has 0 spiro atoms. The summed E-state index contributed by atoms with van der Waals surface area (Å²) in [5, 5.41) is 8.77. The third-order valence-corrected chi connectivity index (χ3v) is 1.93. The van der Waals surface area contributed by atoms with Crippen molar-refractivity contribution < 1.29 is 4.74 Å². The fourth-order valence-corrected chi connectivity index (χ4v) is 1.30. The molecule has 0 unspecified atom stereocenters. The average molecular weight is 210 g/mol. The van der Waals surface area contributed by atoms with Crippen molar-refractivity contribution in [1.82, 2.24) is 0 Å². The molecule has 0 fully saturated rings. The molecule has 0 atom stereocenters. The Bertz CT molecular complexity index is 355. The Morgan fingerprint density at radius 3 is 2.64 bits per heavy atom. The SMILES string of the molecule is CC(C)Oc1cc(C#N)cc(CCl)c1. The molecule has 0 radical (unpaired) electrons. The fourth-order valence-electron chi connectivity index (χ4n) is 1.14. The molecule has 0 aliphatic heterocycles. The first kappa shape index (κ1) is 10.9. The molecule has 0 amide bonds. The van der Waals surface area contributed by atoms with Gasteiger partial charge >= 0.3 is 0 Å². The van der Waals surface area contributed by atoms with E-state index >= 15 is 0 Å². The highest BCUT2D eigenvalue weighted by molar-refractivity contribution is 6.17. The summed E-state index contributed by atoms with van der Waals surface area (Å²) in [5.74, 6) is 1.10. The van der Waals surface area contributed by atoms with E-state index in [1.54, 1.807) is 12.1 Å². The Balaban J connectivity index is 3.00. The maximum atomic E-state index is 8.77. The lowest BCUT2D eigenvalue weighted by Gasteiger charge is -2.10. The van der Waals surface area contributed by atoms with Crippen LogP contribution in [0.5, 0.6) is 5.75 Å². The quantitative estimate of drug-likeness (QED) is 0.717. The molecule has 2 nitrogen and oxygen atoms in total. The molecule has 0 saturated heterocycles. The Kier molecular flexibility index (Phi) is 3.79. The minimum absolute atomic E-state index is 0.104. The van der Waals surface area contributed by atoms with Gasteiger partial charge in [-0.1, -0.05) is 0 Å². The van der Waals surface area contributed by atoms with Gasteiger partial charge in [0.1, 0.15) is 5.75 Å². The number of nitrogens with zero attached hydrogens (tertiary/aromatic N) is 1. The molecule has 1 rings (SSSR count). The topological polar surface area (TPSA) is 33.0 Å². The molecule has 0 bridgehead atoms. The lowest BCUT2D eigenvalue weighted by Crippen LogP contribution is -2.05. The summed E-state index contributed by atoms with van der Waals surface area (Å²) in [5.41, 5.74) is 1.49. The van der Waals surface area contributed by atoms with E-state index in [-0.39, 0.29) is 6.10 Å². The Morgan fingerprint density at radius 1 is 1.43 bits per heavy atom. The minimum atomic E-state index is 0.104. The summed E-state index contributed by atoms with van der Waals surface area (Å²) in [6, 6.07) is 7.41. The van der Waals surface area contributed by atoms with E-state index in [2.05, 4.69) is 6.07 Å². The monoisotopic (exact) mass is 209 g/mol. The first-order valence-electron chi connectivity index (χ1n) is 4.42. The highest BCUT2D eigenvalue weighted by Gasteiger charge is 2.02. The van der Waals surface area contributed by atoms with Crippen molar-refractivity contribution >= 4 is 11.6 Å². The second-order valence-electron chi connectivity index (χ2n) is 3.28. The van der Waals surface area contributed by atoms with Gasteiger partial charge in [-0.2, -0.15) is 5.26 Å². The van der Waals surface area contributed by atoms with Crippen LogP contribution in [0, 0.1) is 11.3 Å². The highest BCUT2D eigenvalue weighted by atomic mass is 35.5. The van der Waals surface area contributed by atoms with Gasteiger partial charge in [0.05, 0.1) is 17.7 Å². The predicted molar refractivity (Wildman–Crippen MR) is 56.5 cm³/mol. The minimum Gasteiger partial charge on any atom is -0.491 e. The van der Waals surface area contributed by atoms with E-state index in [4.69, 9.17) is 21.6 Å². The lowest BCUT2D eigenvalue weighted by atomic mass is 10.1. The number of hydrogen-bond acceptors (Lipinski definition) is 2. The zero-order valence-corrected chi connectivity index (χ0v) is 9.01. The number of nitriles is 1. The van der Waals surface area contributed by atoms with Crippen molar-refractivity contribution in [3.63, 3.8) is 0 Å². The van der Waals surface area contributed by atoms with Gasteiger partial charge in [-0.25, -0.2) is 0 Å².